The molecular weight excluding hydrogens is 312 g/mol. The Bertz CT molecular complexity index is 732. The van der Waals surface area contributed by atoms with Crippen LogP contribution in [-0.2, 0) is 9.59 Å². The lowest BCUT2D eigenvalue weighted by atomic mass is 9.48. The van der Waals surface area contributed by atoms with Gasteiger partial charge < -0.3 is 5.11 Å². The number of ketones is 2. The molecule has 0 spiro atoms. The number of allylic oxidation sites excluding steroid dienone is 4. The standard InChI is InChI=1S/C22H28O3/c1-20-7-6-17-16-4-3-15(24)12-14(16)2-5-18(17)21(20)8-10-22(20,11-9-21)19(25)13-23/h12,18,23H,2-11,13H2,1H3/t18-,20+,21?,22?/m1/s1. The van der Waals surface area contributed by atoms with Crippen LogP contribution in [0.15, 0.2) is 22.8 Å². The van der Waals surface area contributed by atoms with E-state index in [0.717, 1.165) is 57.8 Å². The van der Waals surface area contributed by atoms with Gasteiger partial charge in [0.2, 0.25) is 0 Å². The highest BCUT2D eigenvalue weighted by molar-refractivity contribution is 5.93. The van der Waals surface area contributed by atoms with Gasteiger partial charge in [-0.3, -0.25) is 9.59 Å². The molecule has 2 atom stereocenters. The molecule has 0 aliphatic heterocycles. The zero-order chi connectivity index (χ0) is 17.4. The predicted molar refractivity (Wildman–Crippen MR) is 94.8 cm³/mol. The van der Waals surface area contributed by atoms with Gasteiger partial charge in [-0.15, -0.1) is 0 Å². The number of rotatable bonds is 2. The summed E-state index contributed by atoms with van der Waals surface area (Å²) in [6.45, 7) is 2.08. The highest BCUT2D eigenvalue weighted by atomic mass is 16.3. The summed E-state index contributed by atoms with van der Waals surface area (Å²) in [5.74, 6) is 0.999. The summed E-state index contributed by atoms with van der Waals surface area (Å²) in [5, 5.41) is 9.63. The van der Waals surface area contributed by atoms with Gasteiger partial charge in [0.15, 0.2) is 11.6 Å². The number of carbonyl (C=O) groups excluding carboxylic acids is 2. The average molecular weight is 340 g/mol. The Kier molecular flexibility index (Phi) is 3.16. The van der Waals surface area contributed by atoms with Gasteiger partial charge in [0.1, 0.15) is 6.61 Å². The van der Waals surface area contributed by atoms with E-state index in [1.165, 1.54) is 11.1 Å². The first kappa shape index (κ1) is 16.0. The third-order valence-corrected chi connectivity index (χ3v) is 9.24. The van der Waals surface area contributed by atoms with E-state index in [1.54, 1.807) is 5.57 Å². The van der Waals surface area contributed by atoms with Crippen LogP contribution in [-0.4, -0.2) is 23.3 Å². The molecule has 3 fully saturated rings. The molecule has 0 amide bonds. The monoisotopic (exact) mass is 340 g/mol. The van der Waals surface area contributed by atoms with Crippen LogP contribution in [0.25, 0.3) is 0 Å². The SMILES string of the molecule is C[C@]12CCC3=C4CCC(=O)C=C4CC[C@H]3C13CCC2(C(=O)CO)CC3. The molecule has 0 aromatic heterocycles. The van der Waals surface area contributed by atoms with Gasteiger partial charge in [-0.05, 0) is 91.8 Å². The normalized spacial score (nSPS) is 45.0. The molecule has 2 bridgehead atoms. The van der Waals surface area contributed by atoms with Crippen LogP contribution < -0.4 is 0 Å². The summed E-state index contributed by atoms with van der Waals surface area (Å²) < 4.78 is 0. The summed E-state index contributed by atoms with van der Waals surface area (Å²) >= 11 is 0. The Balaban J connectivity index is 1.62. The van der Waals surface area contributed by atoms with Crippen LogP contribution >= 0.6 is 0 Å². The molecule has 0 aromatic rings. The Morgan fingerprint density at radius 3 is 2.60 bits per heavy atom. The molecule has 3 heteroatoms. The summed E-state index contributed by atoms with van der Waals surface area (Å²) in [5.41, 5.74) is 4.50. The topological polar surface area (TPSA) is 54.4 Å². The van der Waals surface area contributed by atoms with Crippen molar-refractivity contribution in [2.24, 2.45) is 22.2 Å². The highest BCUT2D eigenvalue weighted by Gasteiger charge is 2.74. The largest absolute Gasteiger partial charge is 0.389 e. The van der Waals surface area contributed by atoms with Crippen molar-refractivity contribution in [3.05, 3.63) is 22.8 Å². The van der Waals surface area contributed by atoms with E-state index in [2.05, 4.69) is 6.92 Å². The molecule has 0 saturated heterocycles. The fourth-order valence-electron chi connectivity index (χ4n) is 8.02. The number of aliphatic hydroxyl groups excluding tert-OH is 1. The summed E-state index contributed by atoms with van der Waals surface area (Å²) in [7, 11) is 0. The zero-order valence-electron chi connectivity index (χ0n) is 15.2. The van der Waals surface area contributed by atoms with Gasteiger partial charge >= 0.3 is 0 Å². The first-order valence-corrected chi connectivity index (χ1v) is 10.1. The van der Waals surface area contributed by atoms with Crippen molar-refractivity contribution < 1.29 is 14.7 Å². The van der Waals surface area contributed by atoms with Crippen molar-refractivity contribution in [3.63, 3.8) is 0 Å². The van der Waals surface area contributed by atoms with Crippen LogP contribution in [0.2, 0.25) is 0 Å². The van der Waals surface area contributed by atoms with Crippen LogP contribution in [0.3, 0.4) is 0 Å². The van der Waals surface area contributed by atoms with Gasteiger partial charge in [-0.2, -0.15) is 0 Å². The molecule has 3 nitrogen and oxygen atoms in total. The van der Waals surface area contributed by atoms with E-state index in [-0.39, 0.29) is 28.6 Å². The number of carbonyl (C=O) groups is 2. The number of hydrogen-bond acceptors (Lipinski definition) is 3. The van der Waals surface area contributed by atoms with E-state index >= 15 is 0 Å². The van der Waals surface area contributed by atoms with Crippen molar-refractivity contribution in [2.45, 2.75) is 71.1 Å². The van der Waals surface area contributed by atoms with Gasteiger partial charge in [-0.25, -0.2) is 0 Å². The summed E-state index contributed by atoms with van der Waals surface area (Å²) in [6.07, 6.45) is 12.1. The third kappa shape index (κ3) is 1.67. The van der Waals surface area contributed by atoms with Crippen LogP contribution in [0.5, 0.6) is 0 Å². The Morgan fingerprint density at radius 1 is 1.12 bits per heavy atom. The maximum atomic E-state index is 12.8. The molecule has 0 unspecified atom stereocenters. The molecule has 5 rings (SSSR count). The molecule has 134 valence electrons. The van der Waals surface area contributed by atoms with Crippen molar-refractivity contribution in [1.29, 1.82) is 0 Å². The number of hydrogen-bond donors (Lipinski definition) is 1. The molecular formula is C22H28O3. The van der Waals surface area contributed by atoms with E-state index < -0.39 is 0 Å². The second-order valence-electron chi connectivity index (χ2n) is 9.38. The first-order valence-electron chi connectivity index (χ1n) is 10.1. The highest BCUT2D eigenvalue weighted by Crippen LogP contribution is 2.80. The lowest BCUT2D eigenvalue weighted by Gasteiger charge is -2.55. The van der Waals surface area contributed by atoms with E-state index in [0.29, 0.717) is 18.1 Å². The van der Waals surface area contributed by atoms with Crippen LogP contribution in [0.4, 0.5) is 0 Å². The zero-order valence-corrected chi connectivity index (χ0v) is 15.2. The maximum absolute atomic E-state index is 12.8. The first-order chi connectivity index (χ1) is 12.0. The fraction of sp³-hybridized carbons (Fsp3) is 0.727. The number of Topliss-reactive ketones (excluding diaryl/α,β-unsaturated/α-hetero) is 1. The third-order valence-electron chi connectivity index (χ3n) is 9.24. The molecule has 0 heterocycles. The molecule has 5 aliphatic carbocycles. The second-order valence-corrected chi connectivity index (χ2v) is 9.38. The molecule has 3 saturated carbocycles. The smallest absolute Gasteiger partial charge is 0.164 e. The molecule has 1 N–H and O–H groups in total. The van der Waals surface area contributed by atoms with E-state index in [4.69, 9.17) is 0 Å². The number of aliphatic hydroxyl groups is 1. The molecule has 0 aromatic carbocycles. The van der Waals surface area contributed by atoms with E-state index in [9.17, 15) is 14.7 Å². The minimum Gasteiger partial charge on any atom is -0.389 e. The van der Waals surface area contributed by atoms with Gasteiger partial charge in [0, 0.05) is 11.8 Å². The summed E-state index contributed by atoms with van der Waals surface area (Å²) in [6, 6.07) is 0. The van der Waals surface area contributed by atoms with Crippen molar-refractivity contribution in [3.8, 4) is 0 Å². The minimum absolute atomic E-state index is 0.0558. The van der Waals surface area contributed by atoms with Gasteiger partial charge in [0.05, 0.1) is 0 Å². The summed E-state index contributed by atoms with van der Waals surface area (Å²) in [4.78, 5) is 24.6. The predicted octanol–water partition coefficient (Wildman–Crippen LogP) is 3.90. The quantitative estimate of drug-likeness (QED) is 0.829. The average Bonchev–Trinajstić information content (AvgIpc) is 3.05. The fourth-order valence-corrected chi connectivity index (χ4v) is 8.02. The van der Waals surface area contributed by atoms with Crippen molar-refractivity contribution in [1.82, 2.24) is 0 Å². The molecule has 25 heavy (non-hydrogen) atoms. The Hall–Kier alpha value is -1.22. The maximum Gasteiger partial charge on any atom is 0.164 e. The van der Waals surface area contributed by atoms with Crippen molar-refractivity contribution >= 4 is 11.6 Å². The Morgan fingerprint density at radius 2 is 1.88 bits per heavy atom. The molecule has 0 radical (unpaired) electrons. The number of fused-ring (bicyclic) bond motifs is 2. The van der Waals surface area contributed by atoms with Crippen molar-refractivity contribution in [2.75, 3.05) is 6.61 Å². The van der Waals surface area contributed by atoms with E-state index in [1.807, 2.05) is 6.08 Å². The Labute approximate surface area is 149 Å². The molecule has 5 aliphatic rings. The van der Waals surface area contributed by atoms with Gasteiger partial charge in [-0.1, -0.05) is 12.5 Å². The van der Waals surface area contributed by atoms with Crippen LogP contribution in [0.1, 0.15) is 71.1 Å². The minimum atomic E-state index is -0.292. The lowest BCUT2D eigenvalue weighted by Crippen LogP contribution is -2.50. The lowest BCUT2D eigenvalue weighted by molar-refractivity contribution is -0.139. The van der Waals surface area contributed by atoms with Gasteiger partial charge in [0.25, 0.3) is 0 Å². The van der Waals surface area contributed by atoms with Crippen LogP contribution in [0, 0.1) is 22.2 Å². The second kappa shape index (κ2) is 4.94.